The number of aromatic nitrogens is 3. The molecule has 2 aromatic rings. The Morgan fingerprint density at radius 1 is 1.21 bits per heavy atom. The second kappa shape index (κ2) is 6.43. The lowest BCUT2D eigenvalue weighted by molar-refractivity contribution is 0.773. The molecule has 6 heteroatoms. The summed E-state index contributed by atoms with van der Waals surface area (Å²) >= 11 is 5.17. The summed E-state index contributed by atoms with van der Waals surface area (Å²) in [4.78, 5) is 6.64. The van der Waals surface area contributed by atoms with Crippen molar-refractivity contribution in [2.24, 2.45) is 0 Å². The molecule has 0 saturated heterocycles. The van der Waals surface area contributed by atoms with Gasteiger partial charge in [0, 0.05) is 13.6 Å². The lowest BCUT2D eigenvalue weighted by Crippen LogP contribution is -2.20. The number of hydrogen-bond acceptors (Lipinski definition) is 5. The molecule has 0 N–H and O–H groups in total. The van der Waals surface area contributed by atoms with E-state index in [0.717, 1.165) is 34.6 Å². The van der Waals surface area contributed by atoms with Gasteiger partial charge in [-0.15, -0.1) is 16.4 Å². The first-order valence-electron chi connectivity index (χ1n) is 6.30. The van der Waals surface area contributed by atoms with Crippen LogP contribution in [0.15, 0.2) is 15.2 Å². The second-order valence-electron chi connectivity index (χ2n) is 4.33. The van der Waals surface area contributed by atoms with Crippen molar-refractivity contribution in [3.8, 4) is 0 Å². The maximum absolute atomic E-state index is 4.61. The summed E-state index contributed by atoms with van der Waals surface area (Å²) in [6, 6.07) is 2.12. The third-order valence-corrected chi connectivity index (χ3v) is 4.43. The maximum Gasteiger partial charge on any atom is 0.245 e. The van der Waals surface area contributed by atoms with E-state index >= 15 is 0 Å². The molecule has 2 aromatic heterocycles. The molecule has 0 radical (unpaired) electrons. The Hall–Kier alpha value is -1.01. The molecule has 0 atom stereocenters. The highest BCUT2D eigenvalue weighted by molar-refractivity contribution is 9.11. The predicted octanol–water partition coefficient (Wildman–Crippen LogP) is 3.46. The molecule has 0 unspecified atom stereocenters. The second-order valence-corrected chi connectivity index (χ2v) is 6.62. The van der Waals surface area contributed by atoms with E-state index in [-0.39, 0.29) is 0 Å². The molecule has 0 aliphatic carbocycles. The fourth-order valence-corrected chi connectivity index (χ4v) is 3.06. The van der Waals surface area contributed by atoms with Crippen LogP contribution >= 0.6 is 27.3 Å². The van der Waals surface area contributed by atoms with Crippen LogP contribution in [0.1, 0.15) is 30.8 Å². The molecule has 0 aliphatic heterocycles. The number of rotatable bonds is 5. The number of anilines is 1. The van der Waals surface area contributed by atoms with Gasteiger partial charge in [-0.05, 0) is 45.8 Å². The van der Waals surface area contributed by atoms with E-state index in [1.807, 2.05) is 11.9 Å². The van der Waals surface area contributed by atoms with Crippen LogP contribution in [0.3, 0.4) is 0 Å². The first-order valence-corrected chi connectivity index (χ1v) is 7.97. The Balaban J connectivity index is 2.16. The molecule has 0 spiro atoms. The van der Waals surface area contributed by atoms with Gasteiger partial charge in [0.05, 0.1) is 15.2 Å². The normalized spacial score (nSPS) is 10.7. The lowest BCUT2D eigenvalue weighted by atomic mass is 10.2. The van der Waals surface area contributed by atoms with Gasteiger partial charge < -0.3 is 4.90 Å². The smallest absolute Gasteiger partial charge is 0.245 e. The summed E-state index contributed by atoms with van der Waals surface area (Å²) in [5, 5.41) is 10.6. The van der Waals surface area contributed by atoms with Crippen molar-refractivity contribution in [2.75, 3.05) is 11.9 Å². The van der Waals surface area contributed by atoms with E-state index in [1.165, 1.54) is 5.56 Å². The minimum Gasteiger partial charge on any atom is -0.338 e. The van der Waals surface area contributed by atoms with Crippen molar-refractivity contribution < 1.29 is 0 Å². The third kappa shape index (κ3) is 3.51. The largest absolute Gasteiger partial charge is 0.338 e. The van der Waals surface area contributed by atoms with Gasteiger partial charge in [-0.3, -0.25) is 0 Å². The first-order chi connectivity index (χ1) is 9.13. The van der Waals surface area contributed by atoms with E-state index < -0.39 is 0 Å². The van der Waals surface area contributed by atoms with Crippen LogP contribution in [0, 0.1) is 0 Å². The third-order valence-electron chi connectivity index (χ3n) is 2.88. The van der Waals surface area contributed by atoms with E-state index in [9.17, 15) is 0 Å². The predicted molar refractivity (Wildman–Crippen MR) is 82.7 cm³/mol. The summed E-state index contributed by atoms with van der Waals surface area (Å²) in [5.74, 6) is 0.691. The van der Waals surface area contributed by atoms with Crippen molar-refractivity contribution in [1.29, 1.82) is 0 Å². The molecule has 0 aliphatic rings. The van der Waals surface area contributed by atoms with Gasteiger partial charge in [-0.2, -0.15) is 5.10 Å². The van der Waals surface area contributed by atoms with E-state index in [4.69, 9.17) is 0 Å². The Morgan fingerprint density at radius 2 is 1.95 bits per heavy atom. The zero-order valence-electron chi connectivity index (χ0n) is 11.4. The average molecular weight is 341 g/mol. The molecule has 0 saturated carbocycles. The summed E-state index contributed by atoms with van der Waals surface area (Å²) < 4.78 is 1.14. The Bertz CT molecular complexity index is 555. The van der Waals surface area contributed by atoms with Crippen LogP contribution in [0.2, 0.25) is 0 Å². The van der Waals surface area contributed by atoms with Crippen LogP contribution in [0.4, 0.5) is 5.95 Å². The minimum atomic E-state index is 0.691. The van der Waals surface area contributed by atoms with E-state index in [1.54, 1.807) is 11.3 Å². The molecule has 2 heterocycles. The molecule has 0 aromatic carbocycles. The van der Waals surface area contributed by atoms with Gasteiger partial charge in [-0.25, -0.2) is 4.98 Å². The lowest BCUT2D eigenvalue weighted by Gasteiger charge is -2.16. The number of nitrogens with zero attached hydrogens (tertiary/aromatic N) is 4. The standard InChI is InChI=1S/C13H17BrN4S/c1-4-10-11(5-2)16-17-13(15-10)18(3)7-9-6-12(14)19-8-9/h6,8H,4-5,7H2,1-3H3. The number of thiophene rings is 1. The highest BCUT2D eigenvalue weighted by atomic mass is 79.9. The van der Waals surface area contributed by atoms with Crippen molar-refractivity contribution >= 4 is 33.2 Å². The number of halogens is 1. The molecule has 2 rings (SSSR count). The molecular formula is C13H17BrN4S. The highest BCUT2D eigenvalue weighted by Crippen LogP contribution is 2.22. The number of aryl methyl sites for hydroxylation is 2. The van der Waals surface area contributed by atoms with Gasteiger partial charge >= 0.3 is 0 Å². The van der Waals surface area contributed by atoms with Gasteiger partial charge in [0.1, 0.15) is 0 Å². The first kappa shape index (κ1) is 14.4. The molecule has 19 heavy (non-hydrogen) atoms. The summed E-state index contributed by atoms with van der Waals surface area (Å²) in [7, 11) is 1.99. The van der Waals surface area contributed by atoms with Crippen LogP contribution < -0.4 is 4.90 Å². The summed E-state index contributed by atoms with van der Waals surface area (Å²) in [5.41, 5.74) is 3.30. The molecular weight excluding hydrogens is 324 g/mol. The van der Waals surface area contributed by atoms with Crippen molar-refractivity contribution in [1.82, 2.24) is 15.2 Å². The molecule has 0 fully saturated rings. The SMILES string of the molecule is CCc1nnc(N(C)Cc2csc(Br)c2)nc1CC. The molecule has 102 valence electrons. The number of hydrogen-bond donors (Lipinski definition) is 0. The summed E-state index contributed by atoms with van der Waals surface area (Å²) in [6.45, 7) is 4.97. The average Bonchev–Trinajstić information content (AvgIpc) is 2.83. The van der Waals surface area contributed by atoms with E-state index in [2.05, 4.69) is 56.4 Å². The Labute approximate surface area is 126 Å². The Kier molecular flexibility index (Phi) is 4.87. The van der Waals surface area contributed by atoms with E-state index in [0.29, 0.717) is 5.95 Å². The quantitative estimate of drug-likeness (QED) is 0.835. The van der Waals surface area contributed by atoms with Gasteiger partial charge in [0.2, 0.25) is 5.95 Å². The van der Waals surface area contributed by atoms with Gasteiger partial charge in [0.15, 0.2) is 0 Å². The van der Waals surface area contributed by atoms with Crippen molar-refractivity contribution in [2.45, 2.75) is 33.2 Å². The van der Waals surface area contributed by atoms with Crippen molar-refractivity contribution in [3.63, 3.8) is 0 Å². The topological polar surface area (TPSA) is 41.9 Å². The maximum atomic E-state index is 4.61. The van der Waals surface area contributed by atoms with Crippen LogP contribution in [-0.2, 0) is 19.4 Å². The molecule has 4 nitrogen and oxygen atoms in total. The van der Waals surface area contributed by atoms with Crippen LogP contribution in [0.25, 0.3) is 0 Å². The van der Waals surface area contributed by atoms with Gasteiger partial charge in [-0.1, -0.05) is 13.8 Å². The molecule has 0 bridgehead atoms. The van der Waals surface area contributed by atoms with Crippen molar-refractivity contribution in [3.05, 3.63) is 32.2 Å². The Morgan fingerprint density at radius 3 is 2.53 bits per heavy atom. The van der Waals surface area contributed by atoms with Crippen LogP contribution in [-0.4, -0.2) is 22.2 Å². The van der Waals surface area contributed by atoms with Gasteiger partial charge in [0.25, 0.3) is 0 Å². The fourth-order valence-electron chi connectivity index (χ4n) is 1.86. The highest BCUT2D eigenvalue weighted by Gasteiger charge is 2.10. The van der Waals surface area contributed by atoms with Crippen LogP contribution in [0.5, 0.6) is 0 Å². The zero-order valence-corrected chi connectivity index (χ0v) is 13.8. The molecule has 0 amide bonds. The minimum absolute atomic E-state index is 0.691. The zero-order chi connectivity index (χ0) is 13.8. The monoisotopic (exact) mass is 340 g/mol. The fraction of sp³-hybridized carbons (Fsp3) is 0.462. The summed E-state index contributed by atoms with van der Waals surface area (Å²) in [6.07, 6.45) is 1.77.